The zero-order chi connectivity index (χ0) is 30.2. The number of amides is 5. The molecule has 2 N–H and O–H groups in total. The number of carboxylic acid groups (broad SMARTS) is 1. The summed E-state index contributed by atoms with van der Waals surface area (Å²) >= 11 is 0. The molecule has 0 saturated carbocycles. The molecule has 41 heavy (non-hydrogen) atoms. The number of halogens is 3. The van der Waals surface area contributed by atoms with E-state index in [-0.39, 0.29) is 66.6 Å². The van der Waals surface area contributed by atoms with E-state index in [2.05, 4.69) is 10.6 Å². The molecule has 1 saturated heterocycles. The number of imide groups is 1. The molecule has 2 rings (SSSR count). The maximum atomic E-state index is 14.8. The van der Waals surface area contributed by atoms with Gasteiger partial charge in [0.1, 0.15) is 6.29 Å². The molecule has 1 atom stereocenters. The number of carbonyl (C=O) groups is 6. The van der Waals surface area contributed by atoms with Gasteiger partial charge in [-0.2, -0.15) is 0 Å². The van der Waals surface area contributed by atoms with Crippen LogP contribution in [0.1, 0.15) is 74.7 Å². The quantitative estimate of drug-likeness (QED) is 0.0935. The van der Waals surface area contributed by atoms with Crippen molar-refractivity contribution in [2.75, 3.05) is 26.2 Å². The Morgan fingerprint density at radius 3 is 2.20 bits per heavy atom. The van der Waals surface area contributed by atoms with Crippen molar-refractivity contribution in [2.24, 2.45) is 0 Å². The van der Waals surface area contributed by atoms with E-state index in [9.17, 15) is 47.0 Å². The molecule has 1 fully saturated rings. The predicted molar refractivity (Wildman–Crippen MR) is 132 cm³/mol. The summed E-state index contributed by atoms with van der Waals surface area (Å²) in [6, 6.07) is -1.27. The number of nitrogens with zero attached hydrogens (tertiary/aromatic N) is 2. The van der Waals surface area contributed by atoms with Crippen LogP contribution in [0.4, 0.5) is 18.0 Å². The van der Waals surface area contributed by atoms with Gasteiger partial charge in [-0.05, 0) is 31.2 Å². The minimum absolute atomic E-state index is 0. The van der Waals surface area contributed by atoms with E-state index in [0.29, 0.717) is 25.5 Å². The van der Waals surface area contributed by atoms with Crippen LogP contribution in [0.2, 0.25) is 0 Å². The first-order valence-corrected chi connectivity index (χ1v) is 12.9. The average Bonchev–Trinajstić information content (AvgIpc) is 3.44. The van der Waals surface area contributed by atoms with Gasteiger partial charge in [0.2, 0.25) is 5.91 Å². The van der Waals surface area contributed by atoms with Crippen molar-refractivity contribution in [3.05, 3.63) is 34.6 Å². The summed E-state index contributed by atoms with van der Waals surface area (Å²) in [7, 11) is 0. The van der Waals surface area contributed by atoms with Crippen LogP contribution in [0.15, 0.2) is 6.07 Å². The second kappa shape index (κ2) is 15.9. The maximum Gasteiger partial charge on any atom is 1.00 e. The Hall–Kier alpha value is -2.97. The third-order valence-electron chi connectivity index (χ3n) is 6.45. The summed E-state index contributed by atoms with van der Waals surface area (Å²) in [5, 5.41) is 17.2. The van der Waals surface area contributed by atoms with Crippen LogP contribution in [-0.4, -0.2) is 77.5 Å². The first-order valence-electron chi connectivity index (χ1n) is 12.9. The molecule has 0 radical (unpaired) electrons. The average molecular weight is 593 g/mol. The van der Waals surface area contributed by atoms with Crippen LogP contribution >= 0.6 is 0 Å². The molecule has 0 spiro atoms. The predicted octanol–water partition coefficient (Wildman–Crippen LogP) is -2.00. The SMILES string of the molecule is CCCNC(=O)C(CC(=O)N1CCCC1)(C(=O)[O-])N(C(=O)NCCC=O)C(=O)c1cc(F)c(F)c(F)c1C(C)C.[Na+]. The van der Waals surface area contributed by atoms with E-state index < -0.39 is 82.7 Å². The van der Waals surface area contributed by atoms with Crippen LogP contribution in [0.5, 0.6) is 0 Å². The Bertz CT molecular complexity index is 1180. The number of carboxylic acids is 1. The molecule has 0 bridgehead atoms. The van der Waals surface area contributed by atoms with E-state index in [4.69, 9.17) is 0 Å². The minimum Gasteiger partial charge on any atom is -0.547 e. The maximum absolute atomic E-state index is 14.8. The number of benzene rings is 1. The number of aliphatic carboxylic acids is 1. The Balaban J connectivity index is 0.00000840. The molecular weight excluding hydrogens is 560 g/mol. The number of hydrogen-bond acceptors (Lipinski definition) is 7. The van der Waals surface area contributed by atoms with E-state index in [1.54, 1.807) is 6.92 Å². The molecule has 1 aromatic rings. The molecule has 1 unspecified atom stereocenters. The zero-order valence-corrected chi connectivity index (χ0v) is 25.5. The molecule has 1 aliphatic heterocycles. The molecule has 220 valence electrons. The largest absolute Gasteiger partial charge is 1.00 e. The van der Waals surface area contributed by atoms with Gasteiger partial charge in [-0.1, -0.05) is 20.8 Å². The van der Waals surface area contributed by atoms with Gasteiger partial charge in [0.25, 0.3) is 11.8 Å². The number of carbonyl (C=O) groups excluding carboxylic acids is 6. The Morgan fingerprint density at radius 1 is 1.07 bits per heavy atom. The van der Waals surface area contributed by atoms with Gasteiger partial charge in [0.15, 0.2) is 23.0 Å². The van der Waals surface area contributed by atoms with E-state index >= 15 is 0 Å². The topological polar surface area (TPSA) is 156 Å². The van der Waals surface area contributed by atoms with E-state index in [1.165, 1.54) is 18.7 Å². The number of hydrogen-bond donors (Lipinski definition) is 2. The number of urea groups is 1. The van der Waals surface area contributed by atoms with Gasteiger partial charge in [-0.3, -0.25) is 14.4 Å². The molecule has 0 aliphatic carbocycles. The molecule has 1 aliphatic rings. The van der Waals surface area contributed by atoms with E-state index in [0.717, 1.165) is 0 Å². The fraction of sp³-hybridized carbons (Fsp3) is 0.538. The number of rotatable bonds is 12. The van der Waals surface area contributed by atoms with Crippen LogP contribution in [0.3, 0.4) is 0 Å². The van der Waals surface area contributed by atoms with Crippen molar-refractivity contribution in [1.29, 1.82) is 0 Å². The first-order chi connectivity index (χ1) is 18.8. The Kier molecular flexibility index (Phi) is 14.0. The van der Waals surface area contributed by atoms with Gasteiger partial charge in [0, 0.05) is 43.7 Å². The van der Waals surface area contributed by atoms with Crippen molar-refractivity contribution >= 4 is 36.0 Å². The molecule has 1 aromatic carbocycles. The summed E-state index contributed by atoms with van der Waals surface area (Å²) < 4.78 is 43.3. The smallest absolute Gasteiger partial charge is 0.547 e. The molecular formula is C26H32F3N4NaO7. The Morgan fingerprint density at radius 2 is 1.68 bits per heavy atom. The summed E-state index contributed by atoms with van der Waals surface area (Å²) in [4.78, 5) is 78.7. The minimum atomic E-state index is -3.33. The van der Waals surface area contributed by atoms with Crippen LogP contribution < -0.4 is 45.3 Å². The van der Waals surface area contributed by atoms with Gasteiger partial charge in [0.05, 0.1) is 12.4 Å². The third kappa shape index (κ3) is 7.86. The normalized spacial score (nSPS) is 14.1. The zero-order valence-electron chi connectivity index (χ0n) is 23.5. The van der Waals surface area contributed by atoms with Crippen molar-refractivity contribution in [3.8, 4) is 0 Å². The first kappa shape index (κ1) is 36.1. The summed E-state index contributed by atoms with van der Waals surface area (Å²) in [6.07, 6.45) is 0.351. The summed E-state index contributed by atoms with van der Waals surface area (Å²) in [6.45, 7) is 4.20. The van der Waals surface area contributed by atoms with Gasteiger partial charge < -0.3 is 30.2 Å². The van der Waals surface area contributed by atoms with E-state index in [1.807, 2.05) is 0 Å². The van der Waals surface area contributed by atoms with Crippen LogP contribution in [0.25, 0.3) is 0 Å². The fourth-order valence-corrected chi connectivity index (χ4v) is 4.43. The molecule has 11 nitrogen and oxygen atoms in total. The molecule has 1 heterocycles. The fourth-order valence-electron chi connectivity index (χ4n) is 4.43. The standard InChI is InChI=1S/C26H33F3N4O7.Na/c1-4-8-30-23(37)26(24(38)39,14-18(35)32-10-5-6-11-32)33(25(40)31-9-7-12-34)22(36)16-13-17(27)20(28)21(29)19(16)15(2)3;/h12-13,15H,4-11,14H2,1-3H3,(H,30,37)(H,31,40)(H,38,39);/q;+1/p-1. The van der Waals surface area contributed by atoms with Crippen molar-refractivity contribution in [2.45, 2.75) is 64.3 Å². The van der Waals surface area contributed by atoms with Crippen molar-refractivity contribution in [3.63, 3.8) is 0 Å². The van der Waals surface area contributed by atoms with Crippen molar-refractivity contribution in [1.82, 2.24) is 20.4 Å². The van der Waals surface area contributed by atoms with Crippen LogP contribution in [-0.2, 0) is 19.2 Å². The summed E-state index contributed by atoms with van der Waals surface area (Å²) in [5.74, 6) is -12.8. The molecule has 0 aromatic heterocycles. The number of aldehydes is 1. The van der Waals surface area contributed by atoms with Crippen molar-refractivity contribution < 1.29 is 76.6 Å². The monoisotopic (exact) mass is 592 g/mol. The molecule has 5 amide bonds. The van der Waals surface area contributed by atoms with Gasteiger partial charge in [-0.25, -0.2) is 22.9 Å². The Labute approximate surface area is 257 Å². The third-order valence-corrected chi connectivity index (χ3v) is 6.45. The summed E-state index contributed by atoms with van der Waals surface area (Å²) in [5.41, 5.74) is -4.96. The van der Waals surface area contributed by atoms with Gasteiger partial charge in [-0.15, -0.1) is 0 Å². The second-order valence-corrected chi connectivity index (χ2v) is 9.60. The van der Waals surface area contributed by atoms with Crippen LogP contribution in [0, 0.1) is 17.5 Å². The molecule has 15 heteroatoms. The van der Waals surface area contributed by atoms with Gasteiger partial charge >= 0.3 is 35.6 Å². The number of nitrogens with one attached hydrogen (secondary N) is 2. The second-order valence-electron chi connectivity index (χ2n) is 9.60. The number of likely N-dealkylation sites (tertiary alicyclic amines) is 1.